The molecule has 2 fully saturated rings. The number of rotatable bonds is 4. The van der Waals surface area contributed by atoms with Crippen LogP contribution < -0.4 is 4.90 Å². The van der Waals surface area contributed by atoms with Crippen molar-refractivity contribution >= 4 is 17.2 Å². The van der Waals surface area contributed by atoms with E-state index >= 15 is 0 Å². The van der Waals surface area contributed by atoms with Gasteiger partial charge in [0.05, 0.1) is 5.54 Å². The number of hydrogen-bond acceptors (Lipinski definition) is 2. The molecule has 1 aliphatic carbocycles. The fourth-order valence-electron chi connectivity index (χ4n) is 5.61. The van der Waals surface area contributed by atoms with Crippen molar-refractivity contribution in [3.05, 3.63) is 72.1 Å². The normalized spacial score (nSPS) is 27.4. The summed E-state index contributed by atoms with van der Waals surface area (Å²) in [5.74, 6) is 0.480. The van der Waals surface area contributed by atoms with Crippen molar-refractivity contribution in [1.82, 2.24) is 4.90 Å². The second-order valence-corrected chi connectivity index (χ2v) is 9.20. The van der Waals surface area contributed by atoms with Gasteiger partial charge in [-0.05, 0) is 67.9 Å². The minimum atomic E-state index is -0.429. The maximum absolute atomic E-state index is 14.1. The lowest BCUT2D eigenvalue weighted by molar-refractivity contribution is -0.114. The van der Waals surface area contributed by atoms with E-state index in [0.717, 1.165) is 43.0 Å². The van der Waals surface area contributed by atoms with Crippen LogP contribution in [0.4, 0.5) is 10.1 Å². The van der Waals surface area contributed by atoms with Gasteiger partial charge >= 0.3 is 0 Å². The van der Waals surface area contributed by atoms with Gasteiger partial charge in [-0.25, -0.2) is 4.39 Å². The second-order valence-electron chi connectivity index (χ2n) is 9.20. The van der Waals surface area contributed by atoms with E-state index in [0.29, 0.717) is 11.7 Å². The van der Waals surface area contributed by atoms with Crippen LogP contribution in [0.5, 0.6) is 0 Å². The van der Waals surface area contributed by atoms with Gasteiger partial charge in [0.15, 0.2) is 0 Å². The Morgan fingerprint density at radius 3 is 2.57 bits per heavy atom. The molecule has 30 heavy (non-hydrogen) atoms. The van der Waals surface area contributed by atoms with Crippen LogP contribution in [0, 0.1) is 11.7 Å². The lowest BCUT2D eigenvalue weighted by atomic mass is 9.74. The minimum absolute atomic E-state index is 0.0425. The van der Waals surface area contributed by atoms with E-state index in [1.54, 1.807) is 12.1 Å². The van der Waals surface area contributed by atoms with Gasteiger partial charge in [0, 0.05) is 30.9 Å². The molecule has 0 bridgehead atoms. The molecule has 4 heteroatoms. The molecule has 2 heterocycles. The van der Waals surface area contributed by atoms with E-state index in [2.05, 4.69) is 24.0 Å². The summed E-state index contributed by atoms with van der Waals surface area (Å²) in [5, 5.41) is 0. The summed E-state index contributed by atoms with van der Waals surface area (Å²) < 4.78 is 14.1. The Morgan fingerprint density at radius 1 is 1.10 bits per heavy atom. The fourth-order valence-corrected chi connectivity index (χ4v) is 5.61. The number of nitrogens with zero attached hydrogens (tertiary/aromatic N) is 2. The maximum Gasteiger partial charge on any atom is 0.252 e. The second kappa shape index (κ2) is 7.66. The predicted molar refractivity (Wildman–Crippen MR) is 119 cm³/mol. The standard InChI is InChI=1S/C26H29FN2O/c1-19-17-26(13-14-28(19)18-20-7-5-8-20)24(21-9-3-2-4-10-21)16-25(30)29(26)23-12-6-11-22(27)15-23/h2-4,6,9-12,15-16,19-20H,5,7-8,13-14,17-18H2,1H3. The molecule has 1 amide bonds. The van der Waals surface area contributed by atoms with E-state index < -0.39 is 5.54 Å². The highest BCUT2D eigenvalue weighted by atomic mass is 19.1. The number of benzene rings is 2. The summed E-state index contributed by atoms with van der Waals surface area (Å²) in [7, 11) is 0. The van der Waals surface area contributed by atoms with Crippen molar-refractivity contribution in [3.63, 3.8) is 0 Å². The molecule has 5 rings (SSSR count). The first-order chi connectivity index (χ1) is 14.6. The molecule has 156 valence electrons. The molecule has 2 atom stereocenters. The zero-order chi connectivity index (χ0) is 20.7. The lowest BCUT2D eigenvalue weighted by Crippen LogP contribution is -2.58. The molecule has 2 aliphatic heterocycles. The largest absolute Gasteiger partial charge is 0.300 e. The van der Waals surface area contributed by atoms with Gasteiger partial charge in [0.1, 0.15) is 5.82 Å². The summed E-state index contributed by atoms with van der Waals surface area (Å²) in [6.07, 6.45) is 7.57. The molecule has 0 radical (unpaired) electrons. The van der Waals surface area contributed by atoms with Crippen LogP contribution in [0.1, 0.15) is 44.6 Å². The van der Waals surface area contributed by atoms with Crippen LogP contribution in [0.2, 0.25) is 0 Å². The van der Waals surface area contributed by atoms with Crippen LogP contribution in [0.25, 0.3) is 5.57 Å². The average Bonchev–Trinajstić information content (AvgIpc) is 2.98. The van der Waals surface area contributed by atoms with E-state index in [1.807, 2.05) is 29.2 Å². The number of piperidine rings is 1. The van der Waals surface area contributed by atoms with Crippen molar-refractivity contribution in [3.8, 4) is 0 Å². The Hall–Kier alpha value is -2.46. The van der Waals surface area contributed by atoms with Crippen LogP contribution in [0.3, 0.4) is 0 Å². The van der Waals surface area contributed by atoms with Gasteiger partial charge in [0.2, 0.25) is 0 Å². The highest BCUT2D eigenvalue weighted by Gasteiger charge is 2.52. The summed E-state index contributed by atoms with van der Waals surface area (Å²) in [5.41, 5.74) is 2.39. The molecule has 1 spiro atoms. The zero-order valence-corrected chi connectivity index (χ0v) is 17.6. The van der Waals surface area contributed by atoms with Crippen molar-refractivity contribution in [2.45, 2.75) is 50.6 Å². The summed E-state index contributed by atoms with van der Waals surface area (Å²) in [6, 6.07) is 17.1. The van der Waals surface area contributed by atoms with Gasteiger partial charge in [-0.2, -0.15) is 0 Å². The SMILES string of the molecule is CC1CC2(CCN1CC1CCC1)C(c1ccccc1)=CC(=O)N2c1cccc(F)c1. The Morgan fingerprint density at radius 2 is 1.90 bits per heavy atom. The van der Waals surface area contributed by atoms with E-state index in [9.17, 15) is 9.18 Å². The van der Waals surface area contributed by atoms with Crippen LogP contribution >= 0.6 is 0 Å². The number of halogens is 1. The number of likely N-dealkylation sites (tertiary alicyclic amines) is 1. The fraction of sp³-hybridized carbons (Fsp3) is 0.423. The van der Waals surface area contributed by atoms with Crippen molar-refractivity contribution in [2.24, 2.45) is 5.92 Å². The van der Waals surface area contributed by atoms with Crippen LogP contribution in [-0.4, -0.2) is 35.5 Å². The van der Waals surface area contributed by atoms with Gasteiger partial charge < -0.3 is 4.90 Å². The van der Waals surface area contributed by atoms with Crippen molar-refractivity contribution in [2.75, 3.05) is 18.0 Å². The average molecular weight is 405 g/mol. The number of amides is 1. The molecular weight excluding hydrogens is 375 g/mol. The monoisotopic (exact) mass is 404 g/mol. The maximum atomic E-state index is 14.1. The number of hydrogen-bond donors (Lipinski definition) is 0. The smallest absolute Gasteiger partial charge is 0.252 e. The van der Waals surface area contributed by atoms with Crippen molar-refractivity contribution < 1.29 is 9.18 Å². The van der Waals surface area contributed by atoms with Gasteiger partial charge in [-0.15, -0.1) is 0 Å². The van der Waals surface area contributed by atoms with Crippen LogP contribution in [-0.2, 0) is 4.79 Å². The lowest BCUT2D eigenvalue weighted by Gasteiger charge is -2.50. The van der Waals surface area contributed by atoms with Gasteiger partial charge in [-0.3, -0.25) is 9.69 Å². The minimum Gasteiger partial charge on any atom is -0.300 e. The summed E-state index contributed by atoms with van der Waals surface area (Å²) in [4.78, 5) is 17.8. The number of carbonyl (C=O) groups is 1. The van der Waals surface area contributed by atoms with Crippen molar-refractivity contribution in [1.29, 1.82) is 0 Å². The molecule has 2 unspecified atom stereocenters. The number of anilines is 1. The quantitative estimate of drug-likeness (QED) is 0.692. The molecule has 1 saturated heterocycles. The zero-order valence-electron chi connectivity index (χ0n) is 17.6. The Kier molecular flexibility index (Phi) is 4.98. The molecule has 0 N–H and O–H groups in total. The molecule has 0 aromatic heterocycles. The first kappa shape index (κ1) is 19.5. The Labute approximate surface area is 178 Å². The third-order valence-corrected chi connectivity index (χ3v) is 7.36. The number of carbonyl (C=O) groups excluding carboxylic acids is 1. The summed E-state index contributed by atoms with van der Waals surface area (Å²) in [6.45, 7) is 4.41. The van der Waals surface area contributed by atoms with Gasteiger partial charge in [0.25, 0.3) is 5.91 Å². The molecule has 3 nitrogen and oxygen atoms in total. The van der Waals surface area contributed by atoms with Crippen LogP contribution in [0.15, 0.2) is 60.7 Å². The summed E-state index contributed by atoms with van der Waals surface area (Å²) >= 11 is 0. The highest BCUT2D eigenvalue weighted by Crippen LogP contribution is 2.49. The van der Waals surface area contributed by atoms with Gasteiger partial charge in [-0.1, -0.05) is 42.8 Å². The Balaban J connectivity index is 1.53. The Bertz CT molecular complexity index is 968. The predicted octanol–water partition coefficient (Wildman–Crippen LogP) is 5.28. The van der Waals surface area contributed by atoms with E-state index in [-0.39, 0.29) is 11.7 Å². The first-order valence-electron chi connectivity index (χ1n) is 11.2. The third kappa shape index (κ3) is 3.27. The molecule has 3 aliphatic rings. The molecule has 2 aromatic carbocycles. The molecule has 2 aromatic rings. The molecule has 1 saturated carbocycles. The first-order valence-corrected chi connectivity index (χ1v) is 11.2. The third-order valence-electron chi connectivity index (χ3n) is 7.36. The van der Waals surface area contributed by atoms with E-state index in [4.69, 9.17) is 0 Å². The van der Waals surface area contributed by atoms with E-state index in [1.165, 1.54) is 31.4 Å². The topological polar surface area (TPSA) is 23.6 Å². The molecular formula is C26H29FN2O. The highest BCUT2D eigenvalue weighted by molar-refractivity contribution is 6.15.